The molecule has 1 saturated heterocycles. The van der Waals surface area contributed by atoms with E-state index in [1.807, 2.05) is 17.0 Å². The molecule has 2 aliphatic rings. The SMILES string of the molecule is CCc1ccc(-c2cccc3c2CN(CC2CO2)C3=O)cc1N(C)C. The Kier molecular flexibility index (Phi) is 4.00. The van der Waals surface area contributed by atoms with Crippen LogP contribution in [0, 0.1) is 0 Å². The molecule has 1 unspecified atom stereocenters. The lowest BCUT2D eigenvalue weighted by Crippen LogP contribution is -2.28. The smallest absolute Gasteiger partial charge is 0.254 e. The van der Waals surface area contributed by atoms with Gasteiger partial charge in [0.1, 0.15) is 0 Å². The topological polar surface area (TPSA) is 36.1 Å². The van der Waals surface area contributed by atoms with Gasteiger partial charge in [0.2, 0.25) is 0 Å². The van der Waals surface area contributed by atoms with Crippen molar-refractivity contribution in [2.75, 3.05) is 32.1 Å². The molecular formula is C21H24N2O2. The van der Waals surface area contributed by atoms with E-state index in [1.165, 1.54) is 16.8 Å². The van der Waals surface area contributed by atoms with Crippen LogP contribution in [0.5, 0.6) is 0 Å². The van der Waals surface area contributed by atoms with Crippen LogP contribution in [0.2, 0.25) is 0 Å². The fourth-order valence-electron chi connectivity index (χ4n) is 3.67. The van der Waals surface area contributed by atoms with Crippen molar-refractivity contribution in [3.63, 3.8) is 0 Å². The molecule has 0 bridgehead atoms. The second kappa shape index (κ2) is 6.19. The highest BCUT2D eigenvalue weighted by molar-refractivity contribution is 6.00. The predicted octanol–water partition coefficient (Wildman–Crippen LogP) is 3.34. The molecule has 0 aromatic heterocycles. The van der Waals surface area contributed by atoms with E-state index in [4.69, 9.17) is 4.74 Å². The fraction of sp³-hybridized carbons (Fsp3) is 0.381. The average molecular weight is 336 g/mol. The maximum Gasteiger partial charge on any atom is 0.254 e. The molecule has 4 heteroatoms. The summed E-state index contributed by atoms with van der Waals surface area (Å²) in [5.41, 5.74) is 6.90. The Balaban J connectivity index is 1.74. The minimum atomic E-state index is 0.130. The quantitative estimate of drug-likeness (QED) is 0.786. The first-order valence-electron chi connectivity index (χ1n) is 8.92. The first-order valence-corrected chi connectivity index (χ1v) is 8.92. The molecule has 2 aromatic rings. The highest BCUT2D eigenvalue weighted by atomic mass is 16.6. The van der Waals surface area contributed by atoms with E-state index in [0.29, 0.717) is 13.1 Å². The number of nitrogens with zero attached hydrogens (tertiary/aromatic N) is 2. The molecule has 4 nitrogen and oxygen atoms in total. The van der Waals surface area contributed by atoms with E-state index >= 15 is 0 Å². The van der Waals surface area contributed by atoms with Gasteiger partial charge in [0.15, 0.2) is 0 Å². The van der Waals surface area contributed by atoms with Crippen molar-refractivity contribution in [2.24, 2.45) is 0 Å². The molecular weight excluding hydrogens is 312 g/mol. The first kappa shape index (κ1) is 16.2. The summed E-state index contributed by atoms with van der Waals surface area (Å²) in [6, 6.07) is 12.7. The van der Waals surface area contributed by atoms with Gasteiger partial charge in [-0.25, -0.2) is 0 Å². The molecule has 0 N–H and O–H groups in total. The summed E-state index contributed by atoms with van der Waals surface area (Å²) in [7, 11) is 4.16. The number of epoxide rings is 1. The largest absolute Gasteiger partial charge is 0.377 e. The van der Waals surface area contributed by atoms with Crippen LogP contribution in [0.4, 0.5) is 5.69 Å². The third-order valence-corrected chi connectivity index (χ3v) is 5.13. The van der Waals surface area contributed by atoms with E-state index in [1.54, 1.807) is 0 Å². The van der Waals surface area contributed by atoms with Gasteiger partial charge < -0.3 is 14.5 Å². The van der Waals surface area contributed by atoms with Gasteiger partial charge >= 0.3 is 0 Å². The van der Waals surface area contributed by atoms with Crippen molar-refractivity contribution in [2.45, 2.75) is 26.0 Å². The van der Waals surface area contributed by atoms with Crippen molar-refractivity contribution >= 4 is 11.6 Å². The van der Waals surface area contributed by atoms with E-state index in [2.05, 4.69) is 50.2 Å². The van der Waals surface area contributed by atoms with Crippen LogP contribution in [0.15, 0.2) is 36.4 Å². The number of hydrogen-bond acceptors (Lipinski definition) is 3. The number of anilines is 1. The monoisotopic (exact) mass is 336 g/mol. The Morgan fingerprint density at radius 3 is 2.64 bits per heavy atom. The third kappa shape index (κ3) is 2.91. The lowest BCUT2D eigenvalue weighted by Gasteiger charge is -2.19. The molecule has 2 aromatic carbocycles. The van der Waals surface area contributed by atoms with E-state index in [0.717, 1.165) is 29.7 Å². The summed E-state index contributed by atoms with van der Waals surface area (Å²) in [6.45, 7) is 4.33. The molecule has 25 heavy (non-hydrogen) atoms. The predicted molar refractivity (Wildman–Crippen MR) is 100 cm³/mol. The van der Waals surface area contributed by atoms with Crippen LogP contribution in [0.25, 0.3) is 11.1 Å². The van der Waals surface area contributed by atoms with Gasteiger partial charge in [0, 0.05) is 38.4 Å². The molecule has 1 atom stereocenters. The molecule has 4 rings (SSSR count). The summed E-state index contributed by atoms with van der Waals surface area (Å²) in [5, 5.41) is 0. The Morgan fingerprint density at radius 1 is 1.20 bits per heavy atom. The highest BCUT2D eigenvalue weighted by Gasteiger charge is 2.34. The number of carbonyl (C=O) groups excluding carboxylic acids is 1. The zero-order valence-corrected chi connectivity index (χ0v) is 15.1. The van der Waals surface area contributed by atoms with Crippen molar-refractivity contribution in [3.8, 4) is 11.1 Å². The molecule has 130 valence electrons. The second-order valence-corrected chi connectivity index (χ2v) is 7.06. The van der Waals surface area contributed by atoms with Crippen molar-refractivity contribution < 1.29 is 9.53 Å². The lowest BCUT2D eigenvalue weighted by atomic mass is 9.95. The van der Waals surface area contributed by atoms with Gasteiger partial charge in [-0.1, -0.05) is 31.2 Å². The van der Waals surface area contributed by atoms with Crippen LogP contribution in [0.1, 0.15) is 28.4 Å². The van der Waals surface area contributed by atoms with Gasteiger partial charge in [0.05, 0.1) is 12.7 Å². The van der Waals surface area contributed by atoms with Gasteiger partial charge in [-0.15, -0.1) is 0 Å². The molecule has 2 heterocycles. The van der Waals surface area contributed by atoms with Crippen LogP contribution in [0.3, 0.4) is 0 Å². The van der Waals surface area contributed by atoms with Gasteiger partial charge in [-0.2, -0.15) is 0 Å². The van der Waals surface area contributed by atoms with Crippen molar-refractivity contribution in [1.82, 2.24) is 4.90 Å². The maximum absolute atomic E-state index is 12.7. The van der Waals surface area contributed by atoms with Crippen LogP contribution in [-0.2, 0) is 17.7 Å². The van der Waals surface area contributed by atoms with Crippen LogP contribution < -0.4 is 4.90 Å². The summed E-state index contributed by atoms with van der Waals surface area (Å²) >= 11 is 0. The summed E-state index contributed by atoms with van der Waals surface area (Å²) in [4.78, 5) is 16.8. The zero-order chi connectivity index (χ0) is 17.6. The van der Waals surface area contributed by atoms with Crippen LogP contribution >= 0.6 is 0 Å². The summed E-state index contributed by atoms with van der Waals surface area (Å²) in [5.74, 6) is 0.130. The molecule has 1 fully saturated rings. The first-order chi connectivity index (χ1) is 12.1. The Labute approximate surface area is 149 Å². The van der Waals surface area contributed by atoms with Crippen LogP contribution in [-0.4, -0.2) is 44.2 Å². The highest BCUT2D eigenvalue weighted by Crippen LogP contribution is 2.35. The van der Waals surface area contributed by atoms with Gasteiger partial charge in [0.25, 0.3) is 5.91 Å². The van der Waals surface area contributed by atoms with Crippen molar-refractivity contribution in [1.29, 1.82) is 0 Å². The summed E-state index contributed by atoms with van der Waals surface area (Å²) in [6.07, 6.45) is 1.24. The maximum atomic E-state index is 12.7. The van der Waals surface area contributed by atoms with E-state index < -0.39 is 0 Å². The molecule has 0 aliphatic carbocycles. The number of ether oxygens (including phenoxy) is 1. The van der Waals surface area contributed by atoms with E-state index in [9.17, 15) is 4.79 Å². The number of fused-ring (bicyclic) bond motifs is 1. The van der Waals surface area contributed by atoms with Crippen molar-refractivity contribution in [3.05, 3.63) is 53.1 Å². The van der Waals surface area contributed by atoms with Gasteiger partial charge in [-0.3, -0.25) is 4.79 Å². The molecule has 0 spiro atoms. The number of rotatable bonds is 5. The zero-order valence-electron chi connectivity index (χ0n) is 15.1. The molecule has 2 aliphatic heterocycles. The standard InChI is InChI=1S/C21H24N2O2/c1-4-14-8-9-15(10-20(14)22(2)3)17-6-5-7-18-19(17)12-23(21(18)24)11-16-13-25-16/h5-10,16H,4,11-13H2,1-3H3. The number of amides is 1. The number of carbonyl (C=O) groups is 1. The number of aryl methyl sites for hydroxylation is 1. The number of hydrogen-bond donors (Lipinski definition) is 0. The molecule has 1 amide bonds. The molecule has 0 radical (unpaired) electrons. The Hall–Kier alpha value is -2.33. The third-order valence-electron chi connectivity index (χ3n) is 5.13. The minimum absolute atomic E-state index is 0.130. The van der Waals surface area contributed by atoms with Gasteiger partial charge in [-0.05, 0) is 40.8 Å². The second-order valence-electron chi connectivity index (χ2n) is 7.06. The minimum Gasteiger partial charge on any atom is -0.377 e. The van der Waals surface area contributed by atoms with E-state index in [-0.39, 0.29) is 12.0 Å². The normalized spacial score (nSPS) is 18.4. The lowest BCUT2D eigenvalue weighted by molar-refractivity contribution is 0.0766. The average Bonchev–Trinajstić information content (AvgIpc) is 3.38. The Bertz CT molecular complexity index is 825. The molecule has 0 saturated carbocycles. The Morgan fingerprint density at radius 2 is 1.96 bits per heavy atom. The fourth-order valence-corrected chi connectivity index (χ4v) is 3.67. The summed E-state index contributed by atoms with van der Waals surface area (Å²) < 4.78 is 5.30. The number of benzene rings is 2.